The molecule has 0 spiro atoms. The van der Waals surface area contributed by atoms with E-state index in [1.165, 1.54) is 0 Å². The van der Waals surface area contributed by atoms with Gasteiger partial charge in [-0.2, -0.15) is 0 Å². The molecule has 0 rings (SSSR count). The lowest BCUT2D eigenvalue weighted by Crippen LogP contribution is -2.50. The Labute approximate surface area is 69.8 Å². The van der Waals surface area contributed by atoms with Crippen LogP contribution in [0, 0.1) is 0 Å². The van der Waals surface area contributed by atoms with Crippen LogP contribution in [-0.4, -0.2) is 30.5 Å². The Kier molecular flexibility index (Phi) is 3.73. The monoisotopic (exact) mass is 158 g/mol. The van der Waals surface area contributed by atoms with Crippen molar-refractivity contribution in [1.29, 1.82) is 0 Å². The Bertz CT molecular complexity index is 138. The standard InChI is InChI=1S/C9H20NO/c1-6-7-9(11)10(4,5)8(2)3/h8H,6-7H2,1-5H3/q+1. The molecule has 0 aromatic rings. The minimum absolute atomic E-state index is 0.336. The van der Waals surface area contributed by atoms with Crippen LogP contribution in [0.25, 0.3) is 0 Å². The van der Waals surface area contributed by atoms with Crippen LogP contribution in [0.3, 0.4) is 0 Å². The molecule has 0 saturated heterocycles. The third-order valence-corrected chi connectivity index (χ3v) is 2.40. The predicted molar refractivity (Wildman–Crippen MR) is 47.2 cm³/mol. The fraction of sp³-hybridized carbons (Fsp3) is 0.889. The molecule has 0 aromatic carbocycles. The molecule has 0 saturated carbocycles. The van der Waals surface area contributed by atoms with Gasteiger partial charge in [-0.05, 0) is 20.3 Å². The molecular formula is C9H20NO+. The van der Waals surface area contributed by atoms with Crippen LogP contribution in [-0.2, 0) is 4.79 Å². The molecule has 0 fully saturated rings. The Morgan fingerprint density at radius 1 is 1.36 bits per heavy atom. The molecule has 0 heterocycles. The van der Waals surface area contributed by atoms with Crippen molar-refractivity contribution in [2.75, 3.05) is 14.1 Å². The van der Waals surface area contributed by atoms with Crippen LogP contribution in [0.4, 0.5) is 0 Å². The zero-order chi connectivity index (χ0) is 9.07. The second kappa shape index (κ2) is 3.86. The van der Waals surface area contributed by atoms with Crippen molar-refractivity contribution < 1.29 is 9.28 Å². The lowest BCUT2D eigenvalue weighted by Gasteiger charge is -2.30. The van der Waals surface area contributed by atoms with E-state index in [-0.39, 0.29) is 0 Å². The minimum atomic E-state index is 0.336. The van der Waals surface area contributed by atoms with E-state index in [1.54, 1.807) is 0 Å². The highest BCUT2D eigenvalue weighted by Crippen LogP contribution is 2.09. The van der Waals surface area contributed by atoms with Crippen molar-refractivity contribution in [2.24, 2.45) is 0 Å². The van der Waals surface area contributed by atoms with Gasteiger partial charge in [0, 0.05) is 0 Å². The van der Waals surface area contributed by atoms with Crippen LogP contribution in [0.2, 0.25) is 0 Å². The highest BCUT2D eigenvalue weighted by Gasteiger charge is 2.28. The van der Waals surface area contributed by atoms with Gasteiger partial charge in [0.05, 0.1) is 26.6 Å². The largest absolute Gasteiger partial charge is 0.313 e. The normalized spacial score (nSPS) is 12.2. The molecule has 0 aliphatic rings. The van der Waals surface area contributed by atoms with E-state index in [1.807, 2.05) is 21.0 Å². The molecule has 0 aliphatic heterocycles. The van der Waals surface area contributed by atoms with Crippen LogP contribution < -0.4 is 0 Å². The zero-order valence-electron chi connectivity index (χ0n) is 8.35. The van der Waals surface area contributed by atoms with E-state index in [2.05, 4.69) is 13.8 Å². The average molecular weight is 158 g/mol. The first-order valence-electron chi connectivity index (χ1n) is 4.30. The molecule has 2 heteroatoms. The summed E-state index contributed by atoms with van der Waals surface area (Å²) in [4.78, 5) is 11.5. The topological polar surface area (TPSA) is 17.1 Å². The number of hydrogen-bond donors (Lipinski definition) is 0. The summed E-state index contributed by atoms with van der Waals surface area (Å²) in [6.45, 7) is 6.19. The second-order valence-electron chi connectivity index (χ2n) is 3.78. The minimum Gasteiger partial charge on any atom is -0.263 e. The van der Waals surface area contributed by atoms with Gasteiger partial charge < -0.3 is 0 Å². The Morgan fingerprint density at radius 2 is 1.82 bits per heavy atom. The Balaban J connectivity index is 4.18. The smallest absolute Gasteiger partial charge is 0.263 e. The quantitative estimate of drug-likeness (QED) is 0.572. The zero-order valence-corrected chi connectivity index (χ0v) is 8.35. The molecule has 0 aromatic heterocycles. The number of carbonyl (C=O) groups is 1. The van der Waals surface area contributed by atoms with E-state index >= 15 is 0 Å². The van der Waals surface area contributed by atoms with Crippen molar-refractivity contribution in [3.05, 3.63) is 0 Å². The van der Waals surface area contributed by atoms with Crippen molar-refractivity contribution in [3.8, 4) is 0 Å². The first-order valence-corrected chi connectivity index (χ1v) is 4.30. The van der Waals surface area contributed by atoms with Crippen molar-refractivity contribution >= 4 is 5.91 Å². The number of rotatable bonds is 3. The first kappa shape index (κ1) is 10.6. The lowest BCUT2D eigenvalue weighted by atomic mass is 10.2. The SMILES string of the molecule is CCCC(=O)[N+](C)(C)C(C)C. The summed E-state index contributed by atoms with van der Waals surface area (Å²) in [7, 11) is 3.95. The van der Waals surface area contributed by atoms with Gasteiger partial charge in [-0.3, -0.25) is 4.48 Å². The van der Waals surface area contributed by atoms with E-state index in [0.29, 0.717) is 22.9 Å². The summed E-state index contributed by atoms with van der Waals surface area (Å²) in [5.74, 6) is 0.336. The summed E-state index contributed by atoms with van der Waals surface area (Å²) < 4.78 is 0.508. The number of carbonyl (C=O) groups excluding carboxylic acids is 1. The highest BCUT2D eigenvalue weighted by atomic mass is 16.2. The maximum absolute atomic E-state index is 11.5. The third-order valence-electron chi connectivity index (χ3n) is 2.40. The van der Waals surface area contributed by atoms with Crippen LogP contribution >= 0.6 is 0 Å². The predicted octanol–water partition coefficient (Wildman–Crippen LogP) is 1.80. The molecule has 0 radical (unpaired) electrons. The summed E-state index contributed by atoms with van der Waals surface area (Å²) in [5.41, 5.74) is 0. The van der Waals surface area contributed by atoms with E-state index in [4.69, 9.17) is 0 Å². The van der Waals surface area contributed by atoms with Crippen molar-refractivity contribution in [2.45, 2.75) is 39.7 Å². The van der Waals surface area contributed by atoms with Gasteiger partial charge in [0.25, 0.3) is 0 Å². The molecule has 2 nitrogen and oxygen atoms in total. The van der Waals surface area contributed by atoms with Gasteiger partial charge in [0.2, 0.25) is 0 Å². The molecule has 1 amide bonds. The first-order chi connectivity index (χ1) is 4.92. The van der Waals surface area contributed by atoms with Crippen molar-refractivity contribution in [3.63, 3.8) is 0 Å². The fourth-order valence-electron chi connectivity index (χ4n) is 0.790. The van der Waals surface area contributed by atoms with E-state index in [0.717, 1.165) is 6.42 Å². The van der Waals surface area contributed by atoms with Gasteiger partial charge in [0.15, 0.2) is 0 Å². The van der Waals surface area contributed by atoms with Crippen LogP contribution in [0.1, 0.15) is 33.6 Å². The number of hydrogen-bond acceptors (Lipinski definition) is 1. The molecule has 0 aliphatic carbocycles. The van der Waals surface area contributed by atoms with Gasteiger partial charge in [-0.1, -0.05) is 6.92 Å². The summed E-state index contributed by atoms with van der Waals surface area (Å²) in [5, 5.41) is 0. The maximum Gasteiger partial charge on any atom is 0.313 e. The van der Waals surface area contributed by atoms with Gasteiger partial charge in [0.1, 0.15) is 0 Å². The molecule has 0 N–H and O–H groups in total. The number of nitrogens with zero attached hydrogens (tertiary/aromatic N) is 1. The number of quaternary nitrogens is 1. The molecule has 66 valence electrons. The average Bonchev–Trinajstić information content (AvgIpc) is 1.88. The third kappa shape index (κ3) is 2.62. The van der Waals surface area contributed by atoms with Gasteiger partial charge in [-0.15, -0.1) is 0 Å². The second-order valence-corrected chi connectivity index (χ2v) is 3.78. The Morgan fingerprint density at radius 3 is 2.09 bits per heavy atom. The molecule has 0 bridgehead atoms. The fourth-order valence-corrected chi connectivity index (χ4v) is 0.790. The summed E-state index contributed by atoms with van der Waals surface area (Å²) >= 11 is 0. The molecule has 0 unspecified atom stereocenters. The molecular weight excluding hydrogens is 138 g/mol. The highest BCUT2D eigenvalue weighted by molar-refractivity contribution is 5.68. The van der Waals surface area contributed by atoms with E-state index < -0.39 is 0 Å². The Hall–Kier alpha value is -0.370. The number of amides is 1. The maximum atomic E-state index is 11.5. The molecule has 11 heavy (non-hydrogen) atoms. The van der Waals surface area contributed by atoms with Crippen molar-refractivity contribution in [1.82, 2.24) is 0 Å². The van der Waals surface area contributed by atoms with Gasteiger partial charge in [-0.25, -0.2) is 4.79 Å². The lowest BCUT2D eigenvalue weighted by molar-refractivity contribution is -0.836. The van der Waals surface area contributed by atoms with Crippen LogP contribution in [0.5, 0.6) is 0 Å². The van der Waals surface area contributed by atoms with E-state index in [9.17, 15) is 4.79 Å². The summed E-state index contributed by atoms with van der Waals surface area (Å²) in [6, 6.07) is 0.383. The summed E-state index contributed by atoms with van der Waals surface area (Å²) in [6.07, 6.45) is 1.65. The van der Waals surface area contributed by atoms with Crippen LogP contribution in [0.15, 0.2) is 0 Å². The van der Waals surface area contributed by atoms with Gasteiger partial charge >= 0.3 is 5.91 Å². The molecule has 0 atom stereocenters.